The summed E-state index contributed by atoms with van der Waals surface area (Å²) < 4.78 is 5.30. The molecule has 0 fully saturated rings. The highest BCUT2D eigenvalue weighted by Crippen LogP contribution is 2.26. The van der Waals surface area contributed by atoms with E-state index in [4.69, 9.17) is 16.3 Å². The van der Waals surface area contributed by atoms with Crippen LogP contribution in [0.3, 0.4) is 0 Å². The molecule has 0 unspecified atom stereocenters. The molecular formula is C16H18ClNO2. The molecule has 20 heavy (non-hydrogen) atoms. The van der Waals surface area contributed by atoms with Gasteiger partial charge < -0.3 is 15.2 Å². The number of phenols is 1. The normalized spacial score (nSPS) is 10.6. The third-order valence-corrected chi connectivity index (χ3v) is 3.50. The Morgan fingerprint density at radius 3 is 2.75 bits per heavy atom. The molecule has 0 aromatic heterocycles. The Morgan fingerprint density at radius 1 is 1.20 bits per heavy atom. The molecule has 2 aromatic rings. The first-order valence-corrected chi connectivity index (χ1v) is 6.80. The van der Waals surface area contributed by atoms with E-state index in [1.807, 2.05) is 37.3 Å². The lowest BCUT2D eigenvalue weighted by molar-refractivity contribution is 0.407. The Kier molecular flexibility index (Phi) is 4.88. The standard InChI is InChI=1S/C16H18ClNO2/c1-11-6-7-15(19)12(8-11)9-18-10-13-14(17)4-3-5-16(13)20-2/h3-8,18-19H,9-10H2,1-2H3. The molecule has 0 bridgehead atoms. The highest BCUT2D eigenvalue weighted by molar-refractivity contribution is 6.31. The van der Waals surface area contributed by atoms with Crippen LogP contribution in [-0.4, -0.2) is 12.2 Å². The van der Waals surface area contributed by atoms with Gasteiger partial charge in [-0.05, 0) is 25.1 Å². The van der Waals surface area contributed by atoms with Crippen molar-refractivity contribution in [1.82, 2.24) is 5.32 Å². The van der Waals surface area contributed by atoms with Crippen molar-refractivity contribution >= 4 is 11.6 Å². The number of hydrogen-bond donors (Lipinski definition) is 2. The topological polar surface area (TPSA) is 41.5 Å². The monoisotopic (exact) mass is 291 g/mol. The number of ether oxygens (including phenoxy) is 1. The predicted octanol–water partition coefficient (Wildman–Crippen LogP) is 3.65. The van der Waals surface area contributed by atoms with E-state index in [2.05, 4.69) is 5.32 Å². The van der Waals surface area contributed by atoms with Gasteiger partial charge in [-0.1, -0.05) is 35.4 Å². The first-order valence-electron chi connectivity index (χ1n) is 6.42. The van der Waals surface area contributed by atoms with Crippen LogP contribution in [0, 0.1) is 6.92 Å². The number of aryl methyl sites for hydroxylation is 1. The Bertz CT molecular complexity index is 599. The third-order valence-electron chi connectivity index (χ3n) is 3.15. The van der Waals surface area contributed by atoms with Crippen molar-refractivity contribution in [1.29, 1.82) is 0 Å². The quantitative estimate of drug-likeness (QED) is 0.883. The minimum absolute atomic E-state index is 0.300. The van der Waals surface area contributed by atoms with E-state index in [1.54, 1.807) is 13.2 Å². The lowest BCUT2D eigenvalue weighted by Crippen LogP contribution is -2.14. The fourth-order valence-electron chi connectivity index (χ4n) is 2.08. The van der Waals surface area contributed by atoms with Crippen LogP contribution in [0.5, 0.6) is 11.5 Å². The molecule has 0 saturated carbocycles. The molecule has 0 aliphatic carbocycles. The highest BCUT2D eigenvalue weighted by atomic mass is 35.5. The van der Waals surface area contributed by atoms with Crippen molar-refractivity contribution in [3.05, 3.63) is 58.1 Å². The molecule has 0 aliphatic rings. The largest absolute Gasteiger partial charge is 0.508 e. The zero-order valence-corrected chi connectivity index (χ0v) is 12.4. The first-order chi connectivity index (χ1) is 9.61. The summed E-state index contributed by atoms with van der Waals surface area (Å²) in [4.78, 5) is 0. The molecule has 106 valence electrons. The van der Waals surface area contributed by atoms with Crippen molar-refractivity contribution < 1.29 is 9.84 Å². The van der Waals surface area contributed by atoms with Gasteiger partial charge in [-0.25, -0.2) is 0 Å². The van der Waals surface area contributed by atoms with Crippen LogP contribution >= 0.6 is 11.6 Å². The second-order valence-electron chi connectivity index (χ2n) is 4.66. The van der Waals surface area contributed by atoms with Crippen molar-refractivity contribution in [2.24, 2.45) is 0 Å². The molecule has 2 N–H and O–H groups in total. The maximum Gasteiger partial charge on any atom is 0.124 e. The van der Waals surface area contributed by atoms with E-state index < -0.39 is 0 Å². The number of nitrogens with one attached hydrogen (secondary N) is 1. The summed E-state index contributed by atoms with van der Waals surface area (Å²) >= 11 is 6.18. The maximum absolute atomic E-state index is 9.80. The SMILES string of the molecule is COc1cccc(Cl)c1CNCc1cc(C)ccc1O. The van der Waals surface area contributed by atoms with Gasteiger partial charge in [-0.2, -0.15) is 0 Å². The number of phenolic OH excluding ortho intramolecular Hbond substituents is 1. The van der Waals surface area contributed by atoms with E-state index in [0.717, 1.165) is 22.4 Å². The Hall–Kier alpha value is -1.71. The van der Waals surface area contributed by atoms with Crippen LogP contribution < -0.4 is 10.1 Å². The zero-order chi connectivity index (χ0) is 14.5. The second kappa shape index (κ2) is 6.64. The fraction of sp³-hybridized carbons (Fsp3) is 0.250. The average molecular weight is 292 g/mol. The molecular weight excluding hydrogens is 274 g/mol. The minimum Gasteiger partial charge on any atom is -0.508 e. The predicted molar refractivity (Wildman–Crippen MR) is 81.4 cm³/mol. The maximum atomic E-state index is 9.80. The molecule has 0 amide bonds. The Labute approximate surface area is 124 Å². The number of benzene rings is 2. The van der Waals surface area contributed by atoms with Gasteiger partial charge in [0, 0.05) is 29.2 Å². The third kappa shape index (κ3) is 3.44. The molecule has 2 rings (SSSR count). The van der Waals surface area contributed by atoms with Gasteiger partial charge in [-0.15, -0.1) is 0 Å². The molecule has 0 heterocycles. The highest BCUT2D eigenvalue weighted by Gasteiger charge is 2.08. The summed E-state index contributed by atoms with van der Waals surface area (Å²) in [7, 11) is 1.63. The summed E-state index contributed by atoms with van der Waals surface area (Å²) in [5.41, 5.74) is 2.91. The second-order valence-corrected chi connectivity index (χ2v) is 5.06. The molecule has 0 atom stereocenters. The molecule has 4 heteroatoms. The van der Waals surface area contributed by atoms with Crippen LogP contribution in [-0.2, 0) is 13.1 Å². The van der Waals surface area contributed by atoms with Crippen molar-refractivity contribution in [2.75, 3.05) is 7.11 Å². The summed E-state index contributed by atoms with van der Waals surface area (Å²) in [5, 5.41) is 13.7. The number of hydrogen-bond acceptors (Lipinski definition) is 3. The molecule has 0 spiro atoms. The van der Waals surface area contributed by atoms with Crippen LogP contribution in [0.1, 0.15) is 16.7 Å². The summed E-state index contributed by atoms with van der Waals surface area (Å²) in [6, 6.07) is 11.1. The van der Waals surface area contributed by atoms with Crippen molar-refractivity contribution in [2.45, 2.75) is 20.0 Å². The van der Waals surface area contributed by atoms with E-state index in [1.165, 1.54) is 0 Å². The summed E-state index contributed by atoms with van der Waals surface area (Å²) in [5.74, 6) is 1.06. The summed E-state index contributed by atoms with van der Waals surface area (Å²) in [6.07, 6.45) is 0. The Balaban J connectivity index is 2.05. The number of methoxy groups -OCH3 is 1. The van der Waals surface area contributed by atoms with Crippen LogP contribution in [0.25, 0.3) is 0 Å². The molecule has 0 saturated heterocycles. The average Bonchev–Trinajstić information content (AvgIpc) is 2.44. The van der Waals surface area contributed by atoms with Gasteiger partial charge in [0.15, 0.2) is 0 Å². The fourth-order valence-corrected chi connectivity index (χ4v) is 2.31. The number of halogens is 1. The lowest BCUT2D eigenvalue weighted by atomic mass is 10.1. The van der Waals surface area contributed by atoms with Gasteiger partial charge in [0.25, 0.3) is 0 Å². The molecule has 0 aliphatic heterocycles. The van der Waals surface area contributed by atoms with Gasteiger partial charge in [0.05, 0.1) is 7.11 Å². The van der Waals surface area contributed by atoms with Crippen LogP contribution in [0.2, 0.25) is 5.02 Å². The van der Waals surface area contributed by atoms with Crippen molar-refractivity contribution in [3.63, 3.8) is 0 Å². The van der Waals surface area contributed by atoms with E-state index in [9.17, 15) is 5.11 Å². The van der Waals surface area contributed by atoms with Gasteiger partial charge >= 0.3 is 0 Å². The van der Waals surface area contributed by atoms with Gasteiger partial charge in [-0.3, -0.25) is 0 Å². The van der Waals surface area contributed by atoms with Crippen LogP contribution in [0.4, 0.5) is 0 Å². The minimum atomic E-state index is 0.300. The lowest BCUT2D eigenvalue weighted by Gasteiger charge is -2.12. The van der Waals surface area contributed by atoms with Crippen LogP contribution in [0.15, 0.2) is 36.4 Å². The molecule has 0 radical (unpaired) electrons. The number of rotatable bonds is 5. The summed E-state index contributed by atoms with van der Waals surface area (Å²) in [6.45, 7) is 3.15. The molecule has 3 nitrogen and oxygen atoms in total. The number of aromatic hydroxyl groups is 1. The van der Waals surface area contributed by atoms with Crippen molar-refractivity contribution in [3.8, 4) is 11.5 Å². The van der Waals surface area contributed by atoms with Gasteiger partial charge in [0.1, 0.15) is 11.5 Å². The van der Waals surface area contributed by atoms with E-state index in [-0.39, 0.29) is 0 Å². The van der Waals surface area contributed by atoms with E-state index in [0.29, 0.717) is 23.9 Å². The Morgan fingerprint density at radius 2 is 2.00 bits per heavy atom. The molecule has 2 aromatic carbocycles. The zero-order valence-electron chi connectivity index (χ0n) is 11.6. The smallest absolute Gasteiger partial charge is 0.124 e. The van der Waals surface area contributed by atoms with Gasteiger partial charge in [0.2, 0.25) is 0 Å². The van der Waals surface area contributed by atoms with E-state index >= 15 is 0 Å². The first kappa shape index (κ1) is 14.7.